The van der Waals surface area contributed by atoms with Crippen molar-refractivity contribution in [2.75, 3.05) is 26.1 Å². The van der Waals surface area contributed by atoms with Gasteiger partial charge in [-0.1, -0.05) is 13.3 Å². The third-order valence-electron chi connectivity index (χ3n) is 3.24. The zero-order valence-corrected chi connectivity index (χ0v) is 12.4. The molecule has 0 bridgehead atoms. The van der Waals surface area contributed by atoms with Crippen molar-refractivity contribution in [2.45, 2.75) is 26.4 Å². The molecule has 0 fully saturated rings. The van der Waals surface area contributed by atoms with Gasteiger partial charge in [-0.25, -0.2) is 4.98 Å². The minimum Gasteiger partial charge on any atom is -0.497 e. The molecule has 0 unspecified atom stereocenters. The van der Waals surface area contributed by atoms with Crippen LogP contribution in [0.15, 0.2) is 24.3 Å². The summed E-state index contributed by atoms with van der Waals surface area (Å²) < 4.78 is 10.9. The second kappa shape index (κ2) is 7.10. The van der Waals surface area contributed by atoms with Gasteiger partial charge in [-0.05, 0) is 24.6 Å². The molecule has 0 aliphatic rings. The highest BCUT2D eigenvalue weighted by molar-refractivity contribution is 5.83. The Morgan fingerprint density at radius 2 is 2.10 bits per heavy atom. The fraction of sp³-hybridized carbons (Fsp3) is 0.438. The zero-order chi connectivity index (χ0) is 14.4. The number of rotatable bonds is 7. The van der Waals surface area contributed by atoms with E-state index in [0.29, 0.717) is 6.61 Å². The van der Waals surface area contributed by atoms with Crippen LogP contribution in [0, 0.1) is 0 Å². The first-order chi connectivity index (χ1) is 9.78. The molecule has 0 saturated carbocycles. The number of ether oxygens (including phenoxy) is 2. The lowest BCUT2D eigenvalue weighted by atomic mass is 10.1. The van der Waals surface area contributed by atoms with Crippen molar-refractivity contribution in [1.82, 2.24) is 4.98 Å². The number of pyridine rings is 1. The fourth-order valence-corrected chi connectivity index (χ4v) is 2.07. The molecule has 1 N–H and O–H groups in total. The third kappa shape index (κ3) is 3.39. The first-order valence-corrected chi connectivity index (χ1v) is 7.01. The van der Waals surface area contributed by atoms with Crippen molar-refractivity contribution in [2.24, 2.45) is 0 Å². The fourth-order valence-electron chi connectivity index (χ4n) is 2.07. The van der Waals surface area contributed by atoms with Gasteiger partial charge in [-0.2, -0.15) is 0 Å². The lowest BCUT2D eigenvalue weighted by molar-refractivity contribution is 0.118. The van der Waals surface area contributed by atoms with Crippen LogP contribution in [-0.4, -0.2) is 25.7 Å². The number of benzene rings is 1. The van der Waals surface area contributed by atoms with Crippen LogP contribution < -0.4 is 10.1 Å². The van der Waals surface area contributed by atoms with Crippen LogP contribution in [0.2, 0.25) is 0 Å². The highest BCUT2D eigenvalue weighted by Crippen LogP contribution is 2.24. The Kier molecular flexibility index (Phi) is 5.18. The van der Waals surface area contributed by atoms with Gasteiger partial charge in [-0.15, -0.1) is 0 Å². The molecule has 0 saturated heterocycles. The van der Waals surface area contributed by atoms with Crippen LogP contribution in [0.3, 0.4) is 0 Å². The molecule has 4 heteroatoms. The first kappa shape index (κ1) is 14.6. The molecule has 2 aromatic rings. The predicted octanol–water partition coefficient (Wildman–Crippen LogP) is 3.60. The topological polar surface area (TPSA) is 43.4 Å². The van der Waals surface area contributed by atoms with Crippen molar-refractivity contribution in [1.29, 1.82) is 0 Å². The third-order valence-corrected chi connectivity index (χ3v) is 3.24. The molecule has 0 aliphatic carbocycles. The Morgan fingerprint density at radius 1 is 1.25 bits per heavy atom. The number of methoxy groups -OCH3 is 1. The quantitative estimate of drug-likeness (QED) is 0.783. The van der Waals surface area contributed by atoms with Crippen molar-refractivity contribution in [3.8, 4) is 5.75 Å². The van der Waals surface area contributed by atoms with E-state index in [4.69, 9.17) is 9.47 Å². The molecule has 1 heterocycles. The van der Waals surface area contributed by atoms with Gasteiger partial charge in [0.15, 0.2) is 0 Å². The number of hydrogen-bond donors (Lipinski definition) is 1. The predicted molar refractivity (Wildman–Crippen MR) is 82.4 cm³/mol. The molecule has 2 rings (SSSR count). The van der Waals surface area contributed by atoms with Crippen LogP contribution in [0.5, 0.6) is 5.75 Å². The Hall–Kier alpha value is -1.81. The molecule has 1 aromatic carbocycles. The Bertz CT molecular complexity index is 570. The molecule has 108 valence electrons. The highest BCUT2D eigenvalue weighted by Gasteiger charge is 2.07. The van der Waals surface area contributed by atoms with E-state index in [2.05, 4.69) is 23.3 Å². The normalized spacial score (nSPS) is 10.8. The SMILES string of the molecule is CCCCOCc1cc2ccc(OC)cc2nc1NC. The lowest BCUT2D eigenvalue weighted by Gasteiger charge is -2.11. The van der Waals surface area contributed by atoms with Crippen LogP contribution in [0.4, 0.5) is 5.82 Å². The number of unbranched alkanes of at least 4 members (excludes halogenated alkanes) is 1. The molecule has 4 nitrogen and oxygen atoms in total. The summed E-state index contributed by atoms with van der Waals surface area (Å²) in [5.41, 5.74) is 2.01. The number of anilines is 1. The number of fused-ring (bicyclic) bond motifs is 1. The van der Waals surface area contributed by atoms with Gasteiger partial charge < -0.3 is 14.8 Å². The van der Waals surface area contributed by atoms with E-state index in [-0.39, 0.29) is 0 Å². The Balaban J connectivity index is 2.25. The maximum atomic E-state index is 5.69. The van der Waals surface area contributed by atoms with Crippen molar-refractivity contribution in [3.05, 3.63) is 29.8 Å². The number of aromatic nitrogens is 1. The summed E-state index contributed by atoms with van der Waals surface area (Å²) in [6.07, 6.45) is 2.24. The van der Waals surface area contributed by atoms with E-state index in [0.717, 1.165) is 47.5 Å². The van der Waals surface area contributed by atoms with E-state index in [1.165, 1.54) is 0 Å². The first-order valence-electron chi connectivity index (χ1n) is 7.01. The summed E-state index contributed by atoms with van der Waals surface area (Å²) in [6.45, 7) is 3.54. The van der Waals surface area contributed by atoms with E-state index in [1.54, 1.807) is 7.11 Å². The number of hydrogen-bond acceptors (Lipinski definition) is 4. The summed E-state index contributed by atoms with van der Waals surface area (Å²) in [5, 5.41) is 4.23. The van der Waals surface area contributed by atoms with Crippen LogP contribution >= 0.6 is 0 Å². The van der Waals surface area contributed by atoms with Crippen molar-refractivity contribution in [3.63, 3.8) is 0 Å². The van der Waals surface area contributed by atoms with Gasteiger partial charge in [0, 0.05) is 30.7 Å². The average Bonchev–Trinajstić information content (AvgIpc) is 2.50. The van der Waals surface area contributed by atoms with E-state index >= 15 is 0 Å². The molecule has 0 spiro atoms. The van der Waals surface area contributed by atoms with E-state index in [9.17, 15) is 0 Å². The maximum Gasteiger partial charge on any atom is 0.131 e. The molecule has 1 aromatic heterocycles. The number of nitrogens with zero attached hydrogens (tertiary/aromatic N) is 1. The second-order valence-corrected chi connectivity index (χ2v) is 4.71. The summed E-state index contributed by atoms with van der Waals surface area (Å²) in [4.78, 5) is 4.63. The van der Waals surface area contributed by atoms with Gasteiger partial charge in [-0.3, -0.25) is 0 Å². The summed E-state index contributed by atoms with van der Waals surface area (Å²) in [7, 11) is 3.54. The van der Waals surface area contributed by atoms with Crippen molar-refractivity contribution >= 4 is 16.7 Å². The zero-order valence-electron chi connectivity index (χ0n) is 12.4. The second-order valence-electron chi connectivity index (χ2n) is 4.71. The van der Waals surface area contributed by atoms with Gasteiger partial charge >= 0.3 is 0 Å². The monoisotopic (exact) mass is 274 g/mol. The van der Waals surface area contributed by atoms with Gasteiger partial charge in [0.05, 0.1) is 19.2 Å². The summed E-state index contributed by atoms with van der Waals surface area (Å²) in [5.74, 6) is 1.68. The minimum absolute atomic E-state index is 0.588. The molecular formula is C16H22N2O2. The van der Waals surface area contributed by atoms with E-state index < -0.39 is 0 Å². The lowest BCUT2D eigenvalue weighted by Crippen LogP contribution is -2.02. The number of nitrogens with one attached hydrogen (secondary N) is 1. The van der Waals surface area contributed by atoms with Gasteiger partial charge in [0.2, 0.25) is 0 Å². The van der Waals surface area contributed by atoms with Crippen LogP contribution in [0.25, 0.3) is 10.9 Å². The van der Waals surface area contributed by atoms with Gasteiger partial charge in [0.25, 0.3) is 0 Å². The minimum atomic E-state index is 0.588. The van der Waals surface area contributed by atoms with Crippen molar-refractivity contribution < 1.29 is 9.47 Å². The van der Waals surface area contributed by atoms with Crippen LogP contribution in [-0.2, 0) is 11.3 Å². The smallest absolute Gasteiger partial charge is 0.131 e. The molecule has 0 radical (unpaired) electrons. The molecule has 0 aliphatic heterocycles. The maximum absolute atomic E-state index is 5.69. The average molecular weight is 274 g/mol. The van der Waals surface area contributed by atoms with Crippen LogP contribution in [0.1, 0.15) is 25.3 Å². The van der Waals surface area contributed by atoms with Gasteiger partial charge in [0.1, 0.15) is 11.6 Å². The standard InChI is InChI=1S/C16H22N2O2/c1-4-5-8-20-11-13-9-12-6-7-14(19-3)10-15(12)18-16(13)17-2/h6-7,9-10H,4-5,8,11H2,1-3H3,(H,17,18). The highest BCUT2D eigenvalue weighted by atomic mass is 16.5. The summed E-state index contributed by atoms with van der Waals surface area (Å²) >= 11 is 0. The Morgan fingerprint density at radius 3 is 2.80 bits per heavy atom. The largest absolute Gasteiger partial charge is 0.497 e. The molecule has 0 atom stereocenters. The molecular weight excluding hydrogens is 252 g/mol. The van der Waals surface area contributed by atoms with E-state index in [1.807, 2.05) is 25.2 Å². The molecule has 0 amide bonds. The summed E-state index contributed by atoms with van der Waals surface area (Å²) in [6, 6.07) is 8.04. The molecule has 20 heavy (non-hydrogen) atoms. The Labute approximate surface area is 120 Å².